The number of ether oxygens (including phenoxy) is 3. The lowest BCUT2D eigenvalue weighted by molar-refractivity contribution is 0.0663. The summed E-state index contributed by atoms with van der Waals surface area (Å²) in [5.41, 5.74) is 1.74. The maximum atomic E-state index is 13.6. The van der Waals surface area contributed by atoms with Crippen molar-refractivity contribution in [2.24, 2.45) is 11.8 Å². The number of hydrogen-bond acceptors (Lipinski definition) is 6. The summed E-state index contributed by atoms with van der Waals surface area (Å²) in [7, 11) is 3.28. The van der Waals surface area contributed by atoms with Crippen LogP contribution in [0, 0.1) is 11.8 Å². The molecule has 1 unspecified atom stereocenters. The summed E-state index contributed by atoms with van der Waals surface area (Å²) in [4.78, 5) is 15.5. The van der Waals surface area contributed by atoms with E-state index in [1.54, 1.807) is 26.4 Å². The van der Waals surface area contributed by atoms with Crippen molar-refractivity contribution in [2.45, 2.75) is 26.3 Å². The largest absolute Gasteiger partial charge is 0.493 e. The summed E-state index contributed by atoms with van der Waals surface area (Å²) >= 11 is 0. The van der Waals surface area contributed by atoms with E-state index in [-0.39, 0.29) is 11.9 Å². The molecule has 1 heterocycles. The first-order valence-electron chi connectivity index (χ1n) is 12.1. The topological polar surface area (TPSA) is 72.1 Å². The molecule has 2 aromatic rings. The molecule has 2 atom stereocenters. The molecule has 1 aliphatic heterocycles. The molecular weight excluding hydrogens is 430 g/mol. The van der Waals surface area contributed by atoms with E-state index in [1.807, 2.05) is 29.2 Å². The van der Waals surface area contributed by atoms with E-state index in [4.69, 9.17) is 14.2 Å². The number of rotatable bonds is 13. The summed E-state index contributed by atoms with van der Waals surface area (Å²) < 4.78 is 16.4. The molecule has 7 heteroatoms. The summed E-state index contributed by atoms with van der Waals surface area (Å²) in [6.07, 6.45) is 0.767. The van der Waals surface area contributed by atoms with Crippen LogP contribution in [0.2, 0.25) is 0 Å². The first kappa shape index (κ1) is 25.8. The summed E-state index contributed by atoms with van der Waals surface area (Å²) in [6, 6.07) is 15.8. The first-order valence-corrected chi connectivity index (χ1v) is 12.1. The zero-order chi connectivity index (χ0) is 24.3. The fourth-order valence-corrected chi connectivity index (χ4v) is 4.30. The van der Waals surface area contributed by atoms with Gasteiger partial charge in [0.15, 0.2) is 11.5 Å². The molecule has 0 aliphatic carbocycles. The van der Waals surface area contributed by atoms with Gasteiger partial charge in [0.1, 0.15) is 0 Å². The molecule has 0 aromatic heterocycles. The van der Waals surface area contributed by atoms with E-state index in [2.05, 4.69) is 36.6 Å². The van der Waals surface area contributed by atoms with Gasteiger partial charge in [0.25, 0.3) is 5.91 Å². The highest BCUT2D eigenvalue weighted by atomic mass is 16.5. The highest BCUT2D eigenvalue weighted by molar-refractivity contribution is 5.95. The van der Waals surface area contributed by atoms with Crippen molar-refractivity contribution in [2.75, 3.05) is 58.9 Å². The Kier molecular flexibility index (Phi) is 10.0. The van der Waals surface area contributed by atoms with Crippen LogP contribution in [0.5, 0.6) is 11.5 Å². The number of anilines is 1. The first-order chi connectivity index (χ1) is 16.5. The average molecular weight is 470 g/mol. The second-order valence-electron chi connectivity index (χ2n) is 9.04. The van der Waals surface area contributed by atoms with Crippen LogP contribution in [-0.4, -0.2) is 70.5 Å². The van der Waals surface area contributed by atoms with Gasteiger partial charge in [0, 0.05) is 63.6 Å². The number of amides is 1. The number of para-hydroxylation sites is 1. The summed E-state index contributed by atoms with van der Waals surface area (Å²) in [5.74, 6) is 2.05. The van der Waals surface area contributed by atoms with E-state index >= 15 is 0 Å². The zero-order valence-electron chi connectivity index (χ0n) is 20.9. The summed E-state index contributed by atoms with van der Waals surface area (Å²) in [6.45, 7) is 8.72. The fourth-order valence-electron chi connectivity index (χ4n) is 4.30. The normalized spacial score (nSPS) is 17.6. The lowest BCUT2D eigenvalue weighted by atomic mass is 9.94. The average Bonchev–Trinajstić information content (AvgIpc) is 3.31. The Hall–Kier alpha value is -2.77. The third-order valence-electron chi connectivity index (χ3n) is 6.30. The van der Waals surface area contributed by atoms with E-state index in [9.17, 15) is 4.79 Å². The molecule has 1 aliphatic rings. The number of hydrogen-bond donors (Lipinski definition) is 2. The molecule has 2 N–H and O–H groups in total. The predicted octanol–water partition coefficient (Wildman–Crippen LogP) is 3.91. The van der Waals surface area contributed by atoms with E-state index in [0.29, 0.717) is 48.7 Å². The zero-order valence-corrected chi connectivity index (χ0v) is 20.9. The van der Waals surface area contributed by atoms with Crippen LogP contribution >= 0.6 is 0 Å². The Morgan fingerprint density at radius 3 is 2.53 bits per heavy atom. The van der Waals surface area contributed by atoms with Crippen LogP contribution < -0.4 is 20.1 Å². The smallest absolute Gasteiger partial charge is 0.254 e. The predicted molar refractivity (Wildman–Crippen MR) is 136 cm³/mol. The molecule has 7 nitrogen and oxygen atoms in total. The monoisotopic (exact) mass is 469 g/mol. The quantitative estimate of drug-likeness (QED) is 0.434. The van der Waals surface area contributed by atoms with Gasteiger partial charge in [-0.3, -0.25) is 4.79 Å². The molecule has 0 spiro atoms. The van der Waals surface area contributed by atoms with Crippen molar-refractivity contribution in [1.29, 1.82) is 0 Å². The molecule has 0 radical (unpaired) electrons. The van der Waals surface area contributed by atoms with E-state index in [0.717, 1.165) is 31.7 Å². The maximum absolute atomic E-state index is 13.6. The van der Waals surface area contributed by atoms with Crippen LogP contribution in [0.25, 0.3) is 0 Å². The standard InChI is InChI=1S/C27H39N3O4/c1-20(2)30(19-23-17-28-16-22(23)18-29-24-9-6-5-7-10-24)27(31)21-11-12-25(33-4)26(15-21)34-14-8-13-32-3/h5-7,9-12,15,20,22-23,28-29H,8,13-14,16-19H2,1-4H3/t22?,23-/m0/s1. The van der Waals surface area contributed by atoms with Crippen LogP contribution in [0.4, 0.5) is 5.69 Å². The Balaban J connectivity index is 1.67. The van der Waals surface area contributed by atoms with E-state index < -0.39 is 0 Å². The number of carbonyl (C=O) groups excluding carboxylic acids is 1. The third-order valence-corrected chi connectivity index (χ3v) is 6.30. The molecular formula is C27H39N3O4. The van der Waals surface area contributed by atoms with Gasteiger partial charge in [-0.2, -0.15) is 0 Å². The van der Waals surface area contributed by atoms with E-state index in [1.165, 1.54) is 0 Å². The number of benzene rings is 2. The van der Waals surface area contributed by atoms with Crippen molar-refractivity contribution in [3.8, 4) is 11.5 Å². The van der Waals surface area contributed by atoms with Crippen molar-refractivity contribution < 1.29 is 19.0 Å². The molecule has 1 fully saturated rings. The van der Waals surface area contributed by atoms with Crippen LogP contribution in [-0.2, 0) is 4.74 Å². The third kappa shape index (κ3) is 7.11. The molecule has 34 heavy (non-hydrogen) atoms. The fraction of sp³-hybridized carbons (Fsp3) is 0.519. The van der Waals surface area contributed by atoms with Crippen molar-refractivity contribution in [1.82, 2.24) is 10.2 Å². The van der Waals surface area contributed by atoms with Gasteiger partial charge in [-0.25, -0.2) is 0 Å². The van der Waals surface area contributed by atoms with Crippen molar-refractivity contribution in [3.63, 3.8) is 0 Å². The highest BCUT2D eigenvalue weighted by Gasteiger charge is 2.31. The maximum Gasteiger partial charge on any atom is 0.254 e. The molecule has 0 saturated carbocycles. The SMILES string of the molecule is COCCCOc1cc(C(=O)N(C[C@@H]2CNCC2CNc2ccccc2)C(C)C)ccc1OC. The van der Waals surface area contributed by atoms with Crippen molar-refractivity contribution in [3.05, 3.63) is 54.1 Å². The van der Waals surface area contributed by atoms with Gasteiger partial charge in [0.2, 0.25) is 0 Å². The van der Waals surface area contributed by atoms with Crippen molar-refractivity contribution >= 4 is 11.6 Å². The second kappa shape index (κ2) is 13.2. The minimum atomic E-state index is 0.0149. The van der Waals surface area contributed by atoms with Crippen LogP contribution in [0.3, 0.4) is 0 Å². The molecule has 1 saturated heterocycles. The minimum Gasteiger partial charge on any atom is -0.493 e. The molecule has 2 aromatic carbocycles. The Bertz CT molecular complexity index is 891. The highest BCUT2D eigenvalue weighted by Crippen LogP contribution is 2.29. The van der Waals surface area contributed by atoms with Crippen LogP contribution in [0.1, 0.15) is 30.6 Å². The van der Waals surface area contributed by atoms with Gasteiger partial charge < -0.3 is 29.7 Å². The van der Waals surface area contributed by atoms with Gasteiger partial charge >= 0.3 is 0 Å². The number of nitrogens with one attached hydrogen (secondary N) is 2. The van der Waals surface area contributed by atoms with Gasteiger partial charge in [-0.15, -0.1) is 0 Å². The molecule has 0 bridgehead atoms. The Labute approximate surface area is 203 Å². The molecule has 186 valence electrons. The molecule has 3 rings (SSSR count). The van der Waals surface area contributed by atoms with Gasteiger partial charge in [-0.1, -0.05) is 18.2 Å². The molecule has 1 amide bonds. The number of nitrogens with zero attached hydrogens (tertiary/aromatic N) is 1. The summed E-state index contributed by atoms with van der Waals surface area (Å²) in [5, 5.41) is 7.06. The van der Waals surface area contributed by atoms with Gasteiger partial charge in [0.05, 0.1) is 13.7 Å². The Morgan fingerprint density at radius 1 is 1.06 bits per heavy atom. The Morgan fingerprint density at radius 2 is 1.82 bits per heavy atom. The second-order valence-corrected chi connectivity index (χ2v) is 9.04. The van der Waals surface area contributed by atoms with Gasteiger partial charge in [-0.05, 0) is 56.0 Å². The lowest BCUT2D eigenvalue weighted by Gasteiger charge is -2.32. The number of methoxy groups -OCH3 is 2. The minimum absolute atomic E-state index is 0.0149. The van der Waals surface area contributed by atoms with Crippen LogP contribution in [0.15, 0.2) is 48.5 Å². The number of carbonyl (C=O) groups is 1. The lowest BCUT2D eigenvalue weighted by Crippen LogP contribution is -2.42.